The number of halogens is 5. The third kappa shape index (κ3) is 5.91. The Bertz CT molecular complexity index is 840. The first-order valence-electron chi connectivity index (χ1n) is 7.64. The molecule has 2 aromatic rings. The van der Waals surface area contributed by atoms with E-state index in [1.54, 1.807) is 0 Å². The maximum Gasteiger partial charge on any atom is 0.417 e. The molecule has 0 atom stereocenters. The van der Waals surface area contributed by atoms with E-state index in [0.717, 1.165) is 17.0 Å². The Kier molecular flexibility index (Phi) is 9.09. The number of fused-ring (bicyclic) bond motifs is 1. The molecule has 0 bridgehead atoms. The fourth-order valence-corrected chi connectivity index (χ4v) is 2.28. The van der Waals surface area contributed by atoms with Crippen LogP contribution < -0.4 is 10.5 Å². The Hall–Kier alpha value is -2.17. The second-order valence-electron chi connectivity index (χ2n) is 6.01. The van der Waals surface area contributed by atoms with Crippen molar-refractivity contribution >= 4 is 47.6 Å². The van der Waals surface area contributed by atoms with Crippen molar-refractivity contribution in [1.29, 1.82) is 5.41 Å². The summed E-state index contributed by atoms with van der Waals surface area (Å²) in [7, 11) is 4.90. The lowest BCUT2D eigenvalue weighted by Gasteiger charge is -2.13. The van der Waals surface area contributed by atoms with Gasteiger partial charge in [-0.3, -0.25) is 15.1 Å². The summed E-state index contributed by atoms with van der Waals surface area (Å²) in [5.74, 6) is -1.18. The Balaban J connectivity index is 0.00000364. The largest absolute Gasteiger partial charge is 0.492 e. The molecule has 0 fully saturated rings. The van der Waals surface area contributed by atoms with Crippen molar-refractivity contribution in [3.8, 4) is 5.75 Å². The first-order valence-corrected chi connectivity index (χ1v) is 7.64. The number of benzene rings is 1. The lowest BCUT2D eigenvalue weighted by atomic mass is 10.1. The standard InChI is InChI=1S/C16H20F3N5O2.2ClH/c1-23(2)4-5-26-9-6-11(16(17,18)19)10-8-13(22-12(10)7-9)14(25)24(3)15(20)21;;/h6-8,22H,4-5H2,1-3H3,(H3,20,21);2*1H. The number of nitrogens with one attached hydrogen (secondary N) is 2. The number of alkyl halides is 3. The second kappa shape index (κ2) is 9.85. The van der Waals surface area contributed by atoms with Crippen LogP contribution in [-0.4, -0.2) is 60.9 Å². The Labute approximate surface area is 172 Å². The SMILES string of the molecule is CN(C)CCOc1cc(C(F)(F)F)c2cc(C(=O)N(C)C(=N)N)[nH]c2c1.Cl.Cl. The van der Waals surface area contributed by atoms with Crippen molar-refractivity contribution in [1.82, 2.24) is 14.8 Å². The Morgan fingerprint density at radius 3 is 2.32 bits per heavy atom. The van der Waals surface area contributed by atoms with Crippen molar-refractivity contribution in [3.63, 3.8) is 0 Å². The molecule has 158 valence electrons. The monoisotopic (exact) mass is 443 g/mol. The number of amides is 1. The quantitative estimate of drug-likeness (QED) is 0.488. The summed E-state index contributed by atoms with van der Waals surface area (Å²) in [6.07, 6.45) is -4.62. The average Bonchev–Trinajstić information content (AvgIpc) is 2.95. The molecule has 0 unspecified atom stereocenters. The second-order valence-corrected chi connectivity index (χ2v) is 6.01. The third-order valence-corrected chi connectivity index (χ3v) is 3.72. The maximum atomic E-state index is 13.4. The van der Waals surface area contributed by atoms with Crippen LogP contribution >= 0.6 is 24.8 Å². The van der Waals surface area contributed by atoms with Crippen molar-refractivity contribution in [2.45, 2.75) is 6.18 Å². The van der Waals surface area contributed by atoms with Crippen LogP contribution in [0.2, 0.25) is 0 Å². The number of carbonyl (C=O) groups excluding carboxylic acids is 1. The average molecular weight is 444 g/mol. The number of hydrogen-bond acceptors (Lipinski definition) is 4. The van der Waals surface area contributed by atoms with E-state index >= 15 is 0 Å². The number of hydrogen-bond donors (Lipinski definition) is 3. The number of aromatic amines is 1. The molecule has 7 nitrogen and oxygen atoms in total. The minimum absolute atomic E-state index is 0. The van der Waals surface area contributed by atoms with E-state index in [1.165, 1.54) is 13.1 Å². The lowest BCUT2D eigenvalue weighted by Crippen LogP contribution is -2.38. The van der Waals surface area contributed by atoms with Gasteiger partial charge in [-0.1, -0.05) is 0 Å². The zero-order chi connectivity index (χ0) is 19.6. The number of H-pyrrole nitrogens is 1. The minimum Gasteiger partial charge on any atom is -0.492 e. The van der Waals surface area contributed by atoms with Crippen molar-refractivity contribution in [2.75, 3.05) is 34.3 Å². The van der Waals surface area contributed by atoms with Crippen LogP contribution in [0.5, 0.6) is 5.75 Å². The summed E-state index contributed by atoms with van der Waals surface area (Å²) in [6, 6.07) is 3.42. The zero-order valence-corrected chi connectivity index (χ0v) is 17.0. The van der Waals surface area contributed by atoms with Gasteiger partial charge in [-0.15, -0.1) is 24.8 Å². The van der Waals surface area contributed by atoms with E-state index in [-0.39, 0.29) is 53.8 Å². The molecule has 4 N–H and O–H groups in total. The van der Waals surface area contributed by atoms with Crippen LogP contribution in [0.15, 0.2) is 18.2 Å². The number of ether oxygens (including phenoxy) is 1. The van der Waals surface area contributed by atoms with Crippen LogP contribution in [0.25, 0.3) is 10.9 Å². The van der Waals surface area contributed by atoms with Gasteiger partial charge in [0.05, 0.1) is 11.1 Å². The molecule has 0 radical (unpaired) electrons. The van der Waals surface area contributed by atoms with E-state index in [0.29, 0.717) is 6.54 Å². The molecule has 12 heteroatoms. The topological polar surface area (TPSA) is 98.4 Å². The predicted octanol–water partition coefficient (Wildman–Crippen LogP) is 2.94. The number of likely N-dealkylation sites (N-methyl/N-ethyl adjacent to an activating group) is 1. The van der Waals surface area contributed by atoms with Gasteiger partial charge in [-0.25, -0.2) is 0 Å². The number of aromatic nitrogens is 1. The molecule has 1 aromatic carbocycles. The van der Waals surface area contributed by atoms with Crippen molar-refractivity contribution in [2.24, 2.45) is 5.73 Å². The van der Waals surface area contributed by atoms with Gasteiger partial charge in [-0.05, 0) is 26.2 Å². The first-order chi connectivity index (χ1) is 12.0. The van der Waals surface area contributed by atoms with Crippen molar-refractivity contribution < 1.29 is 22.7 Å². The van der Waals surface area contributed by atoms with E-state index in [9.17, 15) is 18.0 Å². The summed E-state index contributed by atoms with van der Waals surface area (Å²) < 4.78 is 45.7. The summed E-state index contributed by atoms with van der Waals surface area (Å²) in [5, 5.41) is 7.11. The van der Waals surface area contributed by atoms with Crippen LogP contribution in [0.1, 0.15) is 16.1 Å². The molecule has 1 aromatic heterocycles. The fraction of sp³-hybridized carbons (Fsp3) is 0.375. The molecule has 0 spiro atoms. The van der Waals surface area contributed by atoms with Gasteiger partial charge in [-0.2, -0.15) is 13.2 Å². The van der Waals surface area contributed by atoms with Crippen LogP contribution in [0.3, 0.4) is 0 Å². The highest BCUT2D eigenvalue weighted by molar-refractivity contribution is 6.06. The lowest BCUT2D eigenvalue weighted by molar-refractivity contribution is -0.136. The van der Waals surface area contributed by atoms with E-state index < -0.39 is 23.6 Å². The minimum atomic E-state index is -4.62. The van der Waals surface area contributed by atoms with Gasteiger partial charge >= 0.3 is 6.18 Å². The molecule has 0 aliphatic rings. The molecule has 28 heavy (non-hydrogen) atoms. The highest BCUT2D eigenvalue weighted by Gasteiger charge is 2.34. The van der Waals surface area contributed by atoms with Gasteiger partial charge in [0.15, 0.2) is 5.96 Å². The molecule has 1 amide bonds. The molecule has 1 heterocycles. The van der Waals surface area contributed by atoms with Crippen LogP contribution in [-0.2, 0) is 6.18 Å². The Morgan fingerprint density at radius 2 is 1.82 bits per heavy atom. The highest BCUT2D eigenvalue weighted by Crippen LogP contribution is 2.38. The van der Waals surface area contributed by atoms with Crippen LogP contribution in [0, 0.1) is 5.41 Å². The molecular weight excluding hydrogens is 422 g/mol. The fourth-order valence-electron chi connectivity index (χ4n) is 2.28. The number of nitrogens with two attached hydrogens (primary N) is 1. The predicted molar refractivity (Wildman–Crippen MR) is 106 cm³/mol. The number of rotatable bonds is 5. The number of guanidine groups is 1. The molecule has 0 saturated carbocycles. The van der Waals surface area contributed by atoms with Gasteiger partial charge in [0, 0.05) is 25.0 Å². The summed E-state index contributed by atoms with van der Waals surface area (Å²) in [6.45, 7) is 0.757. The summed E-state index contributed by atoms with van der Waals surface area (Å²) >= 11 is 0. The normalized spacial score (nSPS) is 11.0. The molecule has 0 aliphatic heterocycles. The van der Waals surface area contributed by atoms with E-state index in [2.05, 4.69) is 4.98 Å². The van der Waals surface area contributed by atoms with Gasteiger partial charge in [0.1, 0.15) is 18.1 Å². The van der Waals surface area contributed by atoms with Crippen LogP contribution in [0.4, 0.5) is 13.2 Å². The first kappa shape index (κ1) is 25.8. The zero-order valence-electron chi connectivity index (χ0n) is 15.4. The summed E-state index contributed by atoms with van der Waals surface area (Å²) in [4.78, 5) is 17.5. The molecule has 2 rings (SSSR count). The smallest absolute Gasteiger partial charge is 0.417 e. The third-order valence-electron chi connectivity index (χ3n) is 3.72. The summed E-state index contributed by atoms with van der Waals surface area (Å²) in [5.41, 5.74) is 4.34. The highest BCUT2D eigenvalue weighted by atomic mass is 35.5. The van der Waals surface area contributed by atoms with Gasteiger partial charge in [0.2, 0.25) is 0 Å². The van der Waals surface area contributed by atoms with E-state index in [4.69, 9.17) is 15.9 Å². The van der Waals surface area contributed by atoms with Crippen molar-refractivity contribution in [3.05, 3.63) is 29.5 Å². The number of nitrogens with zero attached hydrogens (tertiary/aromatic N) is 2. The molecule has 0 saturated heterocycles. The molecular formula is C16H22Cl2F3N5O2. The van der Waals surface area contributed by atoms with Gasteiger partial charge < -0.3 is 20.4 Å². The Morgan fingerprint density at radius 1 is 1.21 bits per heavy atom. The maximum absolute atomic E-state index is 13.4. The molecule has 0 aliphatic carbocycles. The number of carbonyl (C=O) groups is 1. The van der Waals surface area contributed by atoms with Gasteiger partial charge in [0.25, 0.3) is 5.91 Å². The van der Waals surface area contributed by atoms with E-state index in [1.807, 2.05) is 19.0 Å².